The maximum Gasteiger partial charge on any atom is 0.123 e. The Morgan fingerprint density at radius 3 is 2.75 bits per heavy atom. The van der Waals surface area contributed by atoms with Crippen molar-refractivity contribution in [1.29, 1.82) is 0 Å². The van der Waals surface area contributed by atoms with E-state index in [1.807, 2.05) is 30.3 Å². The smallest absolute Gasteiger partial charge is 0.123 e. The highest BCUT2D eigenvalue weighted by molar-refractivity contribution is 7.99. The summed E-state index contributed by atoms with van der Waals surface area (Å²) in [5.74, 6) is 1.39. The van der Waals surface area contributed by atoms with Crippen LogP contribution >= 0.6 is 11.8 Å². The number of nitrogens with zero attached hydrogens (tertiary/aromatic N) is 1. The third-order valence-electron chi connectivity index (χ3n) is 2.04. The van der Waals surface area contributed by atoms with Gasteiger partial charge >= 0.3 is 0 Å². The second kappa shape index (κ2) is 4.90. The topological polar surface area (TPSA) is 48.1 Å². The second-order valence-corrected chi connectivity index (χ2v) is 4.35. The number of pyridine rings is 1. The number of benzene rings is 1. The van der Waals surface area contributed by atoms with Gasteiger partial charge in [-0.15, -0.1) is 0 Å². The van der Waals surface area contributed by atoms with Gasteiger partial charge in [0.2, 0.25) is 0 Å². The van der Waals surface area contributed by atoms with Crippen LogP contribution in [0.2, 0.25) is 0 Å². The summed E-state index contributed by atoms with van der Waals surface area (Å²) in [7, 11) is 1.66. The number of aromatic nitrogens is 1. The van der Waals surface area contributed by atoms with Crippen LogP contribution in [0.25, 0.3) is 0 Å². The molecule has 1 aromatic carbocycles. The molecule has 0 atom stereocenters. The molecule has 0 aliphatic rings. The number of anilines is 1. The summed E-state index contributed by atoms with van der Waals surface area (Å²) >= 11 is 1.63. The lowest BCUT2D eigenvalue weighted by Crippen LogP contribution is -1.88. The standard InChI is InChI=1S/C12H12N2OS/c1-15-9-3-2-4-10(7-9)16-11-5-6-12(13)14-8-11/h2-8H,1H3,(H2,13,14). The van der Waals surface area contributed by atoms with Gasteiger partial charge in [-0.05, 0) is 30.3 Å². The lowest BCUT2D eigenvalue weighted by atomic mass is 10.3. The minimum atomic E-state index is 0.537. The zero-order valence-corrected chi connectivity index (χ0v) is 9.70. The molecule has 0 aliphatic heterocycles. The Bertz CT molecular complexity index is 471. The lowest BCUT2D eigenvalue weighted by Gasteiger charge is -2.04. The Balaban J connectivity index is 2.16. The van der Waals surface area contributed by atoms with Crippen molar-refractivity contribution in [3.05, 3.63) is 42.6 Å². The molecule has 3 nitrogen and oxygen atoms in total. The first-order chi connectivity index (χ1) is 7.78. The molecule has 1 heterocycles. The highest BCUT2D eigenvalue weighted by Crippen LogP contribution is 2.29. The Hall–Kier alpha value is -1.68. The minimum absolute atomic E-state index is 0.537. The number of ether oxygens (including phenoxy) is 1. The summed E-state index contributed by atoms with van der Waals surface area (Å²) in [6, 6.07) is 11.6. The van der Waals surface area contributed by atoms with Gasteiger partial charge in [-0.25, -0.2) is 4.98 Å². The van der Waals surface area contributed by atoms with Gasteiger partial charge in [0, 0.05) is 16.0 Å². The SMILES string of the molecule is COc1cccc(Sc2ccc(N)nc2)c1. The van der Waals surface area contributed by atoms with Gasteiger partial charge in [-0.2, -0.15) is 0 Å². The summed E-state index contributed by atoms with van der Waals surface area (Å²) in [5.41, 5.74) is 5.53. The van der Waals surface area contributed by atoms with E-state index in [0.29, 0.717) is 5.82 Å². The molecule has 0 bridgehead atoms. The van der Waals surface area contributed by atoms with Crippen LogP contribution in [0.15, 0.2) is 52.4 Å². The number of nitrogens with two attached hydrogens (primary N) is 1. The highest BCUT2D eigenvalue weighted by atomic mass is 32.2. The fourth-order valence-electron chi connectivity index (χ4n) is 1.25. The molecule has 16 heavy (non-hydrogen) atoms. The van der Waals surface area contributed by atoms with Crippen molar-refractivity contribution in [2.24, 2.45) is 0 Å². The molecule has 2 rings (SSSR count). The van der Waals surface area contributed by atoms with Crippen molar-refractivity contribution >= 4 is 17.6 Å². The van der Waals surface area contributed by atoms with Gasteiger partial charge in [-0.3, -0.25) is 0 Å². The first-order valence-corrected chi connectivity index (χ1v) is 5.63. The fraction of sp³-hybridized carbons (Fsp3) is 0.0833. The maximum atomic E-state index is 5.53. The molecule has 0 unspecified atom stereocenters. The zero-order valence-electron chi connectivity index (χ0n) is 8.88. The van der Waals surface area contributed by atoms with Crippen molar-refractivity contribution < 1.29 is 4.74 Å². The zero-order chi connectivity index (χ0) is 11.4. The summed E-state index contributed by atoms with van der Waals surface area (Å²) in [6.45, 7) is 0. The average molecular weight is 232 g/mol. The summed E-state index contributed by atoms with van der Waals surface area (Å²) in [4.78, 5) is 6.22. The average Bonchev–Trinajstić information content (AvgIpc) is 2.32. The van der Waals surface area contributed by atoms with Crippen molar-refractivity contribution in [2.75, 3.05) is 12.8 Å². The van der Waals surface area contributed by atoms with E-state index in [9.17, 15) is 0 Å². The quantitative estimate of drug-likeness (QED) is 0.884. The van der Waals surface area contributed by atoms with Crippen LogP contribution in [0.4, 0.5) is 5.82 Å². The first-order valence-electron chi connectivity index (χ1n) is 4.81. The van der Waals surface area contributed by atoms with E-state index in [-0.39, 0.29) is 0 Å². The second-order valence-electron chi connectivity index (χ2n) is 3.20. The van der Waals surface area contributed by atoms with Crippen molar-refractivity contribution in [3.63, 3.8) is 0 Å². The first kappa shape index (κ1) is 10.8. The van der Waals surface area contributed by atoms with E-state index in [0.717, 1.165) is 15.5 Å². The molecule has 0 aliphatic carbocycles. The van der Waals surface area contributed by atoms with Gasteiger partial charge in [0.1, 0.15) is 11.6 Å². The molecule has 0 radical (unpaired) electrons. The monoisotopic (exact) mass is 232 g/mol. The lowest BCUT2D eigenvalue weighted by molar-refractivity contribution is 0.413. The van der Waals surface area contributed by atoms with Crippen LogP contribution in [0.3, 0.4) is 0 Å². The van der Waals surface area contributed by atoms with Gasteiger partial charge < -0.3 is 10.5 Å². The predicted molar refractivity (Wildman–Crippen MR) is 65.8 cm³/mol. The molecule has 0 spiro atoms. The van der Waals surface area contributed by atoms with E-state index in [1.165, 1.54) is 0 Å². The number of hydrogen-bond acceptors (Lipinski definition) is 4. The largest absolute Gasteiger partial charge is 0.497 e. The van der Waals surface area contributed by atoms with Crippen LogP contribution in [0.5, 0.6) is 5.75 Å². The van der Waals surface area contributed by atoms with Crippen LogP contribution in [0, 0.1) is 0 Å². The molecule has 4 heteroatoms. The molecule has 2 aromatic rings. The fourth-order valence-corrected chi connectivity index (χ4v) is 2.09. The number of hydrogen-bond donors (Lipinski definition) is 1. The van der Waals surface area contributed by atoms with Gasteiger partial charge in [0.05, 0.1) is 7.11 Å². The molecular weight excluding hydrogens is 220 g/mol. The van der Waals surface area contributed by atoms with E-state index in [1.54, 1.807) is 31.1 Å². The predicted octanol–water partition coefficient (Wildman–Crippen LogP) is 2.82. The van der Waals surface area contributed by atoms with Crippen molar-refractivity contribution in [1.82, 2.24) is 4.98 Å². The number of methoxy groups -OCH3 is 1. The molecule has 0 amide bonds. The minimum Gasteiger partial charge on any atom is -0.497 e. The van der Waals surface area contributed by atoms with E-state index in [4.69, 9.17) is 10.5 Å². The maximum absolute atomic E-state index is 5.53. The van der Waals surface area contributed by atoms with Crippen LogP contribution in [-0.2, 0) is 0 Å². The molecule has 0 saturated heterocycles. The van der Waals surface area contributed by atoms with E-state index < -0.39 is 0 Å². The van der Waals surface area contributed by atoms with E-state index >= 15 is 0 Å². The Morgan fingerprint density at radius 1 is 1.19 bits per heavy atom. The van der Waals surface area contributed by atoms with Crippen molar-refractivity contribution in [3.8, 4) is 5.75 Å². The number of nitrogen functional groups attached to an aromatic ring is 1. The van der Waals surface area contributed by atoms with E-state index in [2.05, 4.69) is 4.98 Å². The Labute approximate surface area is 98.6 Å². The van der Waals surface area contributed by atoms with Crippen molar-refractivity contribution in [2.45, 2.75) is 9.79 Å². The molecule has 82 valence electrons. The number of rotatable bonds is 3. The molecule has 0 fully saturated rings. The normalized spacial score (nSPS) is 10.1. The Kier molecular flexibility index (Phi) is 3.31. The molecular formula is C12H12N2OS. The summed E-state index contributed by atoms with van der Waals surface area (Å²) in [5, 5.41) is 0. The Morgan fingerprint density at radius 2 is 2.06 bits per heavy atom. The third kappa shape index (κ3) is 2.67. The molecule has 0 saturated carbocycles. The van der Waals surface area contributed by atoms with Gasteiger partial charge in [0.15, 0.2) is 0 Å². The van der Waals surface area contributed by atoms with Gasteiger partial charge in [-0.1, -0.05) is 17.8 Å². The molecule has 1 aromatic heterocycles. The molecule has 2 N–H and O–H groups in total. The summed E-state index contributed by atoms with van der Waals surface area (Å²) < 4.78 is 5.16. The van der Waals surface area contributed by atoms with Gasteiger partial charge in [0.25, 0.3) is 0 Å². The summed E-state index contributed by atoms with van der Waals surface area (Å²) in [6.07, 6.45) is 1.76. The van der Waals surface area contributed by atoms with Crippen LogP contribution in [0.1, 0.15) is 0 Å². The van der Waals surface area contributed by atoms with Crippen LogP contribution in [-0.4, -0.2) is 12.1 Å². The third-order valence-corrected chi connectivity index (χ3v) is 3.00. The van der Waals surface area contributed by atoms with Crippen LogP contribution < -0.4 is 10.5 Å². The highest BCUT2D eigenvalue weighted by Gasteiger charge is 1.99.